The molecule has 1 saturated carbocycles. The Kier molecular flexibility index (Phi) is 5.41. The smallest absolute Gasteiger partial charge is 0.329 e. The van der Waals surface area contributed by atoms with Crippen LogP contribution in [0.5, 0.6) is 5.75 Å². The van der Waals surface area contributed by atoms with Crippen LogP contribution in [-0.2, 0) is 14.6 Å². The normalized spacial score (nSPS) is 16.9. The zero-order valence-electron chi connectivity index (χ0n) is 14.6. The van der Waals surface area contributed by atoms with Gasteiger partial charge in [0.15, 0.2) is 9.84 Å². The number of sulfone groups is 1. The van der Waals surface area contributed by atoms with Crippen molar-refractivity contribution in [3.05, 3.63) is 23.8 Å². The second-order valence-electron chi connectivity index (χ2n) is 6.40. The Morgan fingerprint density at radius 2 is 1.80 bits per heavy atom. The molecule has 1 N–H and O–H groups in total. The second kappa shape index (κ2) is 7.03. The van der Waals surface area contributed by atoms with Gasteiger partial charge in [-0.15, -0.1) is 0 Å². The number of ether oxygens (including phenoxy) is 1. The van der Waals surface area contributed by atoms with E-state index in [-0.39, 0.29) is 16.2 Å². The molecule has 25 heavy (non-hydrogen) atoms. The summed E-state index contributed by atoms with van der Waals surface area (Å²) >= 11 is 0. The summed E-state index contributed by atoms with van der Waals surface area (Å²) in [4.78, 5) is 26.1. The SMILES string of the molecule is COc1ccc(S(C)(=O)=O)cc1C(=O)N(C)C1(C(=O)O)CCCCC1. The highest BCUT2D eigenvalue weighted by atomic mass is 32.2. The fourth-order valence-electron chi connectivity index (χ4n) is 3.29. The number of rotatable bonds is 5. The lowest BCUT2D eigenvalue weighted by molar-refractivity contribution is -0.151. The molecule has 1 aromatic rings. The van der Waals surface area contributed by atoms with Gasteiger partial charge >= 0.3 is 5.97 Å². The van der Waals surface area contributed by atoms with Gasteiger partial charge in [-0.05, 0) is 31.0 Å². The van der Waals surface area contributed by atoms with Crippen molar-refractivity contribution >= 4 is 21.7 Å². The van der Waals surface area contributed by atoms with Gasteiger partial charge in [-0.25, -0.2) is 13.2 Å². The molecule has 0 radical (unpaired) electrons. The van der Waals surface area contributed by atoms with Crippen molar-refractivity contribution in [3.63, 3.8) is 0 Å². The molecule has 0 aromatic heterocycles. The molecule has 0 spiro atoms. The summed E-state index contributed by atoms with van der Waals surface area (Å²) in [7, 11) is -0.681. The minimum absolute atomic E-state index is 0.0157. The van der Waals surface area contributed by atoms with E-state index in [0.29, 0.717) is 12.8 Å². The maximum absolute atomic E-state index is 13.0. The standard InChI is InChI=1S/C17H23NO6S/c1-18(17(16(20)21)9-5-4-6-10-17)15(19)13-11-12(25(3,22)23)7-8-14(13)24-2/h7-8,11H,4-6,9-10H2,1-3H3,(H,20,21). The number of carbonyl (C=O) groups is 2. The van der Waals surface area contributed by atoms with Gasteiger partial charge in [-0.2, -0.15) is 0 Å². The Morgan fingerprint density at radius 1 is 1.20 bits per heavy atom. The molecule has 1 fully saturated rings. The van der Waals surface area contributed by atoms with Crippen molar-refractivity contribution < 1.29 is 27.9 Å². The van der Waals surface area contributed by atoms with Crippen molar-refractivity contribution in [2.45, 2.75) is 42.5 Å². The molecule has 0 unspecified atom stereocenters. The van der Waals surface area contributed by atoms with E-state index in [1.165, 1.54) is 37.3 Å². The third kappa shape index (κ3) is 3.63. The Morgan fingerprint density at radius 3 is 2.28 bits per heavy atom. The molecule has 1 aliphatic rings. The zero-order valence-corrected chi connectivity index (χ0v) is 15.4. The van der Waals surface area contributed by atoms with Gasteiger partial charge in [0, 0.05) is 13.3 Å². The first-order valence-electron chi connectivity index (χ1n) is 8.03. The lowest BCUT2D eigenvalue weighted by Crippen LogP contribution is -2.56. The van der Waals surface area contributed by atoms with E-state index >= 15 is 0 Å². The number of nitrogens with zero attached hydrogens (tertiary/aromatic N) is 1. The van der Waals surface area contributed by atoms with Crippen LogP contribution in [0.1, 0.15) is 42.5 Å². The van der Waals surface area contributed by atoms with Crippen LogP contribution < -0.4 is 4.74 Å². The molecule has 0 saturated heterocycles. The van der Waals surface area contributed by atoms with Crippen molar-refractivity contribution in [1.29, 1.82) is 0 Å². The van der Waals surface area contributed by atoms with E-state index < -0.39 is 27.3 Å². The summed E-state index contributed by atoms with van der Waals surface area (Å²) in [6.45, 7) is 0. The van der Waals surface area contributed by atoms with Crippen LogP contribution >= 0.6 is 0 Å². The Hall–Kier alpha value is -2.09. The van der Waals surface area contributed by atoms with E-state index in [2.05, 4.69) is 0 Å². The van der Waals surface area contributed by atoms with Gasteiger partial charge in [0.05, 0.1) is 17.6 Å². The number of hydrogen-bond acceptors (Lipinski definition) is 5. The second-order valence-corrected chi connectivity index (χ2v) is 8.41. The summed E-state index contributed by atoms with van der Waals surface area (Å²) in [6.07, 6.45) is 4.18. The van der Waals surface area contributed by atoms with Crippen molar-refractivity contribution in [2.75, 3.05) is 20.4 Å². The molecule has 0 bridgehead atoms. The molecule has 0 atom stereocenters. The topological polar surface area (TPSA) is 101 Å². The summed E-state index contributed by atoms with van der Waals surface area (Å²) < 4.78 is 28.8. The van der Waals surface area contributed by atoms with Crippen LogP contribution in [0.4, 0.5) is 0 Å². The first-order valence-corrected chi connectivity index (χ1v) is 9.92. The van der Waals surface area contributed by atoms with Gasteiger partial charge < -0.3 is 14.7 Å². The van der Waals surface area contributed by atoms with Crippen LogP contribution in [0.15, 0.2) is 23.1 Å². The fourth-order valence-corrected chi connectivity index (χ4v) is 3.94. The monoisotopic (exact) mass is 369 g/mol. The number of aliphatic carboxylic acids is 1. The molecule has 7 nitrogen and oxygen atoms in total. The van der Waals surface area contributed by atoms with Crippen LogP contribution in [0.25, 0.3) is 0 Å². The predicted molar refractivity (Wildman–Crippen MR) is 91.6 cm³/mol. The molecule has 1 amide bonds. The van der Waals surface area contributed by atoms with Crippen molar-refractivity contribution in [3.8, 4) is 5.75 Å². The summed E-state index contributed by atoms with van der Waals surface area (Å²) in [5.41, 5.74) is -1.24. The average Bonchev–Trinajstić information content (AvgIpc) is 2.59. The predicted octanol–water partition coefficient (Wildman–Crippen LogP) is 1.96. The maximum Gasteiger partial charge on any atom is 0.329 e. The minimum Gasteiger partial charge on any atom is -0.496 e. The van der Waals surface area contributed by atoms with E-state index in [4.69, 9.17) is 4.74 Å². The van der Waals surface area contributed by atoms with Crippen molar-refractivity contribution in [2.24, 2.45) is 0 Å². The Balaban J connectivity index is 2.49. The Labute approximate surface area is 147 Å². The maximum atomic E-state index is 13.0. The van der Waals surface area contributed by atoms with Crippen LogP contribution in [-0.4, -0.2) is 56.3 Å². The highest BCUT2D eigenvalue weighted by Gasteiger charge is 2.46. The third-order valence-electron chi connectivity index (χ3n) is 4.85. The third-order valence-corrected chi connectivity index (χ3v) is 5.97. The zero-order chi connectivity index (χ0) is 18.8. The lowest BCUT2D eigenvalue weighted by Gasteiger charge is -2.41. The number of methoxy groups -OCH3 is 1. The molecule has 1 aliphatic carbocycles. The molecule has 138 valence electrons. The number of benzene rings is 1. The number of amides is 1. The van der Waals surface area contributed by atoms with E-state index in [1.807, 2.05) is 0 Å². The molecule has 1 aromatic carbocycles. The molecule has 0 heterocycles. The van der Waals surface area contributed by atoms with E-state index in [9.17, 15) is 23.1 Å². The van der Waals surface area contributed by atoms with Gasteiger partial charge in [0.2, 0.25) is 0 Å². The first-order chi connectivity index (χ1) is 11.6. The number of carbonyl (C=O) groups excluding carboxylic acids is 1. The number of carboxylic acids is 1. The number of hydrogen-bond donors (Lipinski definition) is 1. The average molecular weight is 369 g/mol. The number of carboxylic acid groups (broad SMARTS) is 1. The molecule has 2 rings (SSSR count). The van der Waals surface area contributed by atoms with Crippen LogP contribution in [0, 0.1) is 0 Å². The minimum atomic E-state index is -3.51. The largest absolute Gasteiger partial charge is 0.496 e. The Bertz CT molecular complexity index is 780. The number of likely N-dealkylation sites (N-methyl/N-ethyl adjacent to an activating group) is 1. The summed E-state index contributed by atoms with van der Waals surface area (Å²) in [6, 6.07) is 4.01. The lowest BCUT2D eigenvalue weighted by atomic mass is 9.80. The first kappa shape index (κ1) is 19.2. The summed E-state index contributed by atoms with van der Waals surface area (Å²) in [5.74, 6) is -1.39. The highest BCUT2D eigenvalue weighted by molar-refractivity contribution is 7.90. The summed E-state index contributed by atoms with van der Waals surface area (Å²) in [5, 5.41) is 9.74. The molecular formula is C17H23NO6S. The van der Waals surface area contributed by atoms with E-state index in [0.717, 1.165) is 25.5 Å². The highest BCUT2D eigenvalue weighted by Crippen LogP contribution is 2.35. The molecule has 8 heteroatoms. The van der Waals surface area contributed by atoms with Crippen molar-refractivity contribution in [1.82, 2.24) is 4.90 Å². The van der Waals surface area contributed by atoms with Gasteiger partial charge in [-0.1, -0.05) is 19.3 Å². The fraction of sp³-hybridized carbons (Fsp3) is 0.529. The van der Waals surface area contributed by atoms with Crippen LogP contribution in [0.3, 0.4) is 0 Å². The molecule has 0 aliphatic heterocycles. The van der Waals surface area contributed by atoms with Gasteiger partial charge in [-0.3, -0.25) is 4.79 Å². The van der Waals surface area contributed by atoms with E-state index in [1.54, 1.807) is 0 Å². The quantitative estimate of drug-likeness (QED) is 0.851. The van der Waals surface area contributed by atoms with Gasteiger partial charge in [0.25, 0.3) is 5.91 Å². The van der Waals surface area contributed by atoms with Gasteiger partial charge in [0.1, 0.15) is 11.3 Å². The molecular weight excluding hydrogens is 346 g/mol. The van der Waals surface area contributed by atoms with Crippen LogP contribution in [0.2, 0.25) is 0 Å².